The Morgan fingerprint density at radius 1 is 1.35 bits per heavy atom. The third-order valence-corrected chi connectivity index (χ3v) is 3.30. The van der Waals surface area contributed by atoms with Gasteiger partial charge in [0.25, 0.3) is 0 Å². The summed E-state index contributed by atoms with van der Waals surface area (Å²) in [5.41, 5.74) is 2.17. The highest BCUT2D eigenvalue weighted by molar-refractivity contribution is 5.93. The van der Waals surface area contributed by atoms with E-state index in [2.05, 4.69) is 30.5 Å². The highest BCUT2D eigenvalue weighted by Gasteiger charge is 2.19. The number of allylic oxidation sites excluding steroid dienone is 2. The van der Waals surface area contributed by atoms with E-state index in [1.807, 2.05) is 18.2 Å². The van der Waals surface area contributed by atoms with Crippen LogP contribution in [0.25, 0.3) is 0 Å². The van der Waals surface area contributed by atoms with Crippen LogP contribution in [0.1, 0.15) is 31.7 Å². The fraction of sp³-hybridized carbons (Fsp3) is 0.400. The number of amides is 1. The topological polar surface area (TPSA) is 29.1 Å². The second-order valence-electron chi connectivity index (χ2n) is 4.48. The van der Waals surface area contributed by atoms with E-state index in [1.54, 1.807) is 0 Å². The third-order valence-electron chi connectivity index (χ3n) is 3.30. The molecule has 0 bridgehead atoms. The van der Waals surface area contributed by atoms with Crippen LogP contribution in [0.15, 0.2) is 36.4 Å². The highest BCUT2D eigenvalue weighted by Crippen LogP contribution is 2.22. The predicted octanol–water partition coefficient (Wildman–Crippen LogP) is 3.54. The first-order valence-electron chi connectivity index (χ1n) is 6.35. The molecule has 1 amide bonds. The zero-order valence-electron chi connectivity index (χ0n) is 10.3. The number of aryl methyl sites for hydroxylation is 1. The Morgan fingerprint density at radius 3 is 2.88 bits per heavy atom. The van der Waals surface area contributed by atoms with Gasteiger partial charge in [0.1, 0.15) is 0 Å². The SMILES string of the molecule is CCc1ccccc1NC(=O)C1CC=CCC1. The van der Waals surface area contributed by atoms with Crippen LogP contribution in [0.4, 0.5) is 5.69 Å². The fourth-order valence-corrected chi connectivity index (χ4v) is 2.22. The van der Waals surface area contributed by atoms with Crippen LogP contribution in [0, 0.1) is 5.92 Å². The molecule has 1 unspecified atom stereocenters. The third kappa shape index (κ3) is 2.96. The van der Waals surface area contributed by atoms with Crippen molar-refractivity contribution >= 4 is 11.6 Å². The van der Waals surface area contributed by atoms with Crippen molar-refractivity contribution in [2.24, 2.45) is 5.92 Å². The maximum absolute atomic E-state index is 12.1. The summed E-state index contributed by atoms with van der Waals surface area (Å²) in [6.07, 6.45) is 8.08. The van der Waals surface area contributed by atoms with Crippen LogP contribution in [0.3, 0.4) is 0 Å². The number of hydrogen-bond acceptors (Lipinski definition) is 1. The molecule has 1 aliphatic rings. The molecule has 0 aliphatic heterocycles. The van der Waals surface area contributed by atoms with Crippen LogP contribution < -0.4 is 5.32 Å². The van der Waals surface area contributed by atoms with Crippen LogP contribution in [0.2, 0.25) is 0 Å². The number of nitrogens with one attached hydrogen (secondary N) is 1. The van der Waals surface area contributed by atoms with Gasteiger partial charge in [0, 0.05) is 11.6 Å². The van der Waals surface area contributed by atoms with E-state index >= 15 is 0 Å². The van der Waals surface area contributed by atoms with Crippen molar-refractivity contribution in [1.29, 1.82) is 0 Å². The molecular formula is C15H19NO. The Morgan fingerprint density at radius 2 is 2.18 bits per heavy atom. The Kier molecular flexibility index (Phi) is 3.97. The summed E-state index contributed by atoms with van der Waals surface area (Å²) < 4.78 is 0. The van der Waals surface area contributed by atoms with Gasteiger partial charge in [-0.15, -0.1) is 0 Å². The summed E-state index contributed by atoms with van der Waals surface area (Å²) >= 11 is 0. The number of benzene rings is 1. The van der Waals surface area contributed by atoms with E-state index in [0.717, 1.165) is 31.4 Å². The minimum Gasteiger partial charge on any atom is -0.326 e. The van der Waals surface area contributed by atoms with Gasteiger partial charge in [-0.05, 0) is 37.3 Å². The Bertz CT molecular complexity index is 423. The molecule has 2 rings (SSSR count). The molecule has 1 aromatic carbocycles. The van der Waals surface area contributed by atoms with Crippen molar-refractivity contribution in [3.8, 4) is 0 Å². The molecule has 1 atom stereocenters. The number of carbonyl (C=O) groups is 1. The minimum atomic E-state index is 0.143. The quantitative estimate of drug-likeness (QED) is 0.789. The molecule has 1 aliphatic carbocycles. The van der Waals surface area contributed by atoms with Gasteiger partial charge >= 0.3 is 0 Å². The van der Waals surface area contributed by atoms with E-state index in [-0.39, 0.29) is 11.8 Å². The molecule has 2 nitrogen and oxygen atoms in total. The lowest BCUT2D eigenvalue weighted by atomic mass is 9.93. The first-order valence-corrected chi connectivity index (χ1v) is 6.35. The van der Waals surface area contributed by atoms with Crippen molar-refractivity contribution in [1.82, 2.24) is 0 Å². The van der Waals surface area contributed by atoms with Gasteiger partial charge in [-0.2, -0.15) is 0 Å². The summed E-state index contributed by atoms with van der Waals surface area (Å²) in [4.78, 5) is 12.1. The molecule has 0 heterocycles. The molecule has 1 aromatic rings. The lowest BCUT2D eigenvalue weighted by Gasteiger charge is -2.18. The molecule has 2 heteroatoms. The fourth-order valence-electron chi connectivity index (χ4n) is 2.22. The number of para-hydroxylation sites is 1. The van der Waals surface area contributed by atoms with Gasteiger partial charge in [-0.1, -0.05) is 37.3 Å². The molecule has 0 saturated carbocycles. The number of rotatable bonds is 3. The van der Waals surface area contributed by atoms with Crippen LogP contribution >= 0.6 is 0 Å². The summed E-state index contributed by atoms with van der Waals surface area (Å²) in [6.45, 7) is 2.11. The van der Waals surface area contributed by atoms with E-state index in [9.17, 15) is 4.79 Å². The molecule has 0 radical (unpaired) electrons. The smallest absolute Gasteiger partial charge is 0.227 e. The Labute approximate surface area is 103 Å². The van der Waals surface area contributed by atoms with Crippen molar-refractivity contribution in [3.05, 3.63) is 42.0 Å². The van der Waals surface area contributed by atoms with Crippen molar-refractivity contribution in [2.45, 2.75) is 32.6 Å². The normalized spacial score (nSPS) is 19.0. The molecular weight excluding hydrogens is 210 g/mol. The average molecular weight is 229 g/mol. The Hall–Kier alpha value is -1.57. The van der Waals surface area contributed by atoms with Crippen molar-refractivity contribution < 1.29 is 4.79 Å². The van der Waals surface area contributed by atoms with Gasteiger partial charge in [0.15, 0.2) is 0 Å². The lowest BCUT2D eigenvalue weighted by molar-refractivity contribution is -0.120. The maximum Gasteiger partial charge on any atom is 0.227 e. The molecule has 0 fully saturated rings. The van der Waals surface area contributed by atoms with E-state index in [1.165, 1.54) is 5.56 Å². The molecule has 1 N–H and O–H groups in total. The van der Waals surface area contributed by atoms with Crippen molar-refractivity contribution in [3.63, 3.8) is 0 Å². The average Bonchev–Trinajstić information content (AvgIpc) is 2.40. The van der Waals surface area contributed by atoms with Crippen molar-refractivity contribution in [2.75, 3.05) is 5.32 Å². The van der Waals surface area contributed by atoms with Gasteiger partial charge in [-0.3, -0.25) is 4.79 Å². The molecule has 0 saturated heterocycles. The second-order valence-corrected chi connectivity index (χ2v) is 4.48. The lowest BCUT2D eigenvalue weighted by Crippen LogP contribution is -2.24. The van der Waals surface area contributed by atoms with Gasteiger partial charge < -0.3 is 5.32 Å². The van der Waals surface area contributed by atoms with Crippen LogP contribution in [-0.2, 0) is 11.2 Å². The molecule has 90 valence electrons. The van der Waals surface area contributed by atoms with Crippen LogP contribution in [0.5, 0.6) is 0 Å². The minimum absolute atomic E-state index is 0.143. The first kappa shape index (κ1) is 11.9. The summed E-state index contributed by atoms with van der Waals surface area (Å²) in [6, 6.07) is 8.03. The standard InChI is InChI=1S/C15H19NO/c1-2-12-8-6-7-11-14(12)16-15(17)13-9-4-3-5-10-13/h3-4,6-8,11,13H,2,5,9-10H2,1H3,(H,16,17). The molecule has 0 spiro atoms. The first-order chi connectivity index (χ1) is 8.31. The number of hydrogen-bond donors (Lipinski definition) is 1. The number of anilines is 1. The summed E-state index contributed by atoms with van der Waals surface area (Å²) in [5, 5.41) is 3.06. The second kappa shape index (κ2) is 5.67. The van der Waals surface area contributed by atoms with Crippen LogP contribution in [-0.4, -0.2) is 5.91 Å². The predicted molar refractivity (Wildman–Crippen MR) is 70.9 cm³/mol. The monoisotopic (exact) mass is 229 g/mol. The number of carbonyl (C=O) groups excluding carboxylic acids is 1. The zero-order valence-corrected chi connectivity index (χ0v) is 10.3. The van der Waals surface area contributed by atoms with Gasteiger partial charge in [-0.25, -0.2) is 0 Å². The Balaban J connectivity index is 2.04. The highest BCUT2D eigenvalue weighted by atomic mass is 16.1. The van der Waals surface area contributed by atoms with Gasteiger partial charge in [0.2, 0.25) is 5.91 Å². The molecule has 17 heavy (non-hydrogen) atoms. The summed E-state index contributed by atoms with van der Waals surface area (Å²) in [5.74, 6) is 0.306. The maximum atomic E-state index is 12.1. The van der Waals surface area contributed by atoms with Gasteiger partial charge in [0.05, 0.1) is 0 Å². The summed E-state index contributed by atoms with van der Waals surface area (Å²) in [7, 11) is 0. The zero-order chi connectivity index (χ0) is 12.1. The largest absolute Gasteiger partial charge is 0.326 e. The van der Waals surface area contributed by atoms with E-state index in [4.69, 9.17) is 0 Å². The van der Waals surface area contributed by atoms with E-state index < -0.39 is 0 Å². The van der Waals surface area contributed by atoms with E-state index in [0.29, 0.717) is 0 Å². The molecule has 0 aromatic heterocycles.